The van der Waals surface area contributed by atoms with Crippen molar-refractivity contribution in [3.8, 4) is 0 Å². The molecule has 18 heavy (non-hydrogen) atoms. The van der Waals surface area contributed by atoms with Gasteiger partial charge in [0.25, 0.3) is 12.2 Å². The molecule has 8 nitrogen and oxygen atoms in total. The highest BCUT2D eigenvalue weighted by molar-refractivity contribution is 6.17. The number of nitrogens with one attached hydrogen (secondary N) is 1. The molecule has 1 amide bonds. The van der Waals surface area contributed by atoms with E-state index < -0.39 is 11.0 Å². The van der Waals surface area contributed by atoms with E-state index in [1.807, 2.05) is 0 Å². The number of carbonyl (C=O) groups is 1. The number of benzene rings is 1. The number of para-hydroxylation sites is 2. The van der Waals surface area contributed by atoms with Gasteiger partial charge in [0.1, 0.15) is 5.69 Å². The Hall–Kier alpha value is -2.22. The molecule has 0 saturated heterocycles. The minimum atomic E-state index is -1.12. The minimum Gasteiger partial charge on any atom is -0.279 e. The fourth-order valence-corrected chi connectivity index (χ4v) is 1.22. The Kier molecular flexibility index (Phi) is 5.00. The standard InChI is InChI=1S/C9H8ClN3O5/c10-5-6-12(15)18-9(14)11-7-3-1-2-4-8(7)13(16)17/h1-4H,5-6H2/p+1. The zero-order chi connectivity index (χ0) is 13.5. The van der Waals surface area contributed by atoms with Crippen LogP contribution in [0, 0.1) is 15.0 Å². The average molecular weight is 275 g/mol. The summed E-state index contributed by atoms with van der Waals surface area (Å²) in [6, 6.07) is 5.47. The molecular formula is C9H9ClN3O5+. The van der Waals surface area contributed by atoms with Crippen LogP contribution in [-0.2, 0) is 4.84 Å². The molecule has 1 aromatic carbocycles. The van der Waals surface area contributed by atoms with E-state index in [2.05, 4.69) is 10.2 Å². The molecule has 0 radical (unpaired) electrons. The lowest BCUT2D eigenvalue weighted by molar-refractivity contribution is -0.772. The van der Waals surface area contributed by atoms with Crippen LogP contribution in [0.2, 0.25) is 0 Å². The van der Waals surface area contributed by atoms with E-state index in [1.54, 1.807) is 0 Å². The Morgan fingerprint density at radius 1 is 1.39 bits per heavy atom. The normalized spacial score (nSPS) is 9.61. The maximum Gasteiger partial charge on any atom is 0.485 e. The number of amides is 1. The van der Waals surface area contributed by atoms with Gasteiger partial charge >= 0.3 is 6.09 Å². The molecule has 9 heteroatoms. The number of carbonyl (C=O) groups excluding carboxylic acids is 1. The number of rotatable bonds is 5. The van der Waals surface area contributed by atoms with Crippen molar-refractivity contribution in [2.75, 3.05) is 17.7 Å². The molecular weight excluding hydrogens is 266 g/mol. The SMILES string of the molecule is O=C(Nc1ccccc1[N+](=O)[O-])O[N+](=O)CCCl. The summed E-state index contributed by atoms with van der Waals surface area (Å²) in [6.07, 6.45) is -1.12. The van der Waals surface area contributed by atoms with Gasteiger partial charge in [-0.3, -0.25) is 15.4 Å². The molecule has 0 aromatic heterocycles. The average Bonchev–Trinajstić information content (AvgIpc) is 2.29. The van der Waals surface area contributed by atoms with Gasteiger partial charge < -0.3 is 0 Å². The largest absolute Gasteiger partial charge is 0.485 e. The zero-order valence-corrected chi connectivity index (χ0v) is 9.79. The van der Waals surface area contributed by atoms with Crippen LogP contribution in [0.25, 0.3) is 0 Å². The van der Waals surface area contributed by atoms with Crippen LogP contribution in [0.1, 0.15) is 0 Å². The molecule has 0 unspecified atom stereocenters. The van der Waals surface area contributed by atoms with Crippen molar-refractivity contribution >= 4 is 29.1 Å². The first-order valence-corrected chi connectivity index (χ1v) is 5.31. The summed E-state index contributed by atoms with van der Waals surface area (Å²) < 4.78 is 0. The van der Waals surface area contributed by atoms with E-state index in [4.69, 9.17) is 11.6 Å². The molecule has 96 valence electrons. The summed E-state index contributed by atoms with van der Waals surface area (Å²) in [5.41, 5.74) is -0.365. The fourth-order valence-electron chi connectivity index (χ4n) is 1.08. The van der Waals surface area contributed by atoms with Gasteiger partial charge in [-0.2, -0.15) is 0 Å². The van der Waals surface area contributed by atoms with Gasteiger partial charge in [0, 0.05) is 6.07 Å². The van der Waals surface area contributed by atoms with Crippen LogP contribution in [0.5, 0.6) is 0 Å². The molecule has 1 rings (SSSR count). The highest BCUT2D eigenvalue weighted by atomic mass is 35.5. The molecule has 0 heterocycles. The van der Waals surface area contributed by atoms with Gasteiger partial charge in [0.2, 0.25) is 4.92 Å². The smallest absolute Gasteiger partial charge is 0.279 e. The topological polar surface area (TPSA) is 102 Å². The van der Waals surface area contributed by atoms with E-state index in [0.29, 0.717) is 0 Å². The van der Waals surface area contributed by atoms with E-state index in [0.717, 1.165) is 0 Å². The number of nitrogens with zero attached hydrogens (tertiary/aromatic N) is 2. The predicted octanol–water partition coefficient (Wildman–Crippen LogP) is 2.08. The second-order valence-corrected chi connectivity index (χ2v) is 3.40. The molecule has 0 spiro atoms. The summed E-state index contributed by atoms with van der Waals surface area (Å²) in [4.78, 5) is 36.3. The number of alkyl halides is 1. The molecule has 1 N–H and O–H groups in total. The third-order valence-electron chi connectivity index (χ3n) is 1.79. The highest BCUT2D eigenvalue weighted by Gasteiger charge is 2.20. The summed E-state index contributed by atoms with van der Waals surface area (Å²) in [7, 11) is 0. The van der Waals surface area contributed by atoms with Gasteiger partial charge in [-0.1, -0.05) is 12.1 Å². The lowest BCUT2D eigenvalue weighted by atomic mass is 10.3. The number of halogens is 1. The molecule has 0 aliphatic rings. The fraction of sp³-hybridized carbons (Fsp3) is 0.222. The number of hydrogen-bond acceptors (Lipinski definition) is 5. The van der Waals surface area contributed by atoms with E-state index in [1.165, 1.54) is 24.3 Å². The minimum absolute atomic E-state index is 0.0116. The quantitative estimate of drug-likeness (QED) is 0.503. The second-order valence-electron chi connectivity index (χ2n) is 3.02. The second kappa shape index (κ2) is 6.50. The first-order valence-electron chi connectivity index (χ1n) is 4.77. The van der Waals surface area contributed by atoms with Crippen molar-refractivity contribution in [1.29, 1.82) is 0 Å². The Labute approximate surface area is 106 Å². The van der Waals surface area contributed by atoms with Gasteiger partial charge in [0.05, 0.1) is 15.7 Å². The molecule has 1 aromatic rings. The number of nitro benzene ring substituents is 1. The van der Waals surface area contributed by atoms with Crippen LogP contribution < -0.4 is 5.32 Å². The van der Waals surface area contributed by atoms with Gasteiger partial charge in [-0.15, -0.1) is 16.4 Å². The predicted molar refractivity (Wildman–Crippen MR) is 62.4 cm³/mol. The number of nitro groups is 1. The van der Waals surface area contributed by atoms with Gasteiger partial charge in [0.15, 0.2) is 0 Å². The molecule has 0 aliphatic carbocycles. The summed E-state index contributed by atoms with van der Waals surface area (Å²) in [5, 5.41) is 12.7. The summed E-state index contributed by atoms with van der Waals surface area (Å²) in [6.45, 7) is -0.203. The number of hydrogen-bond donors (Lipinski definition) is 1. The number of anilines is 1. The zero-order valence-electron chi connectivity index (χ0n) is 9.04. The maximum atomic E-state index is 11.2. The highest BCUT2D eigenvalue weighted by Crippen LogP contribution is 2.23. The van der Waals surface area contributed by atoms with Crippen molar-refractivity contribution in [3.63, 3.8) is 0 Å². The van der Waals surface area contributed by atoms with Crippen molar-refractivity contribution in [2.45, 2.75) is 0 Å². The Morgan fingerprint density at radius 3 is 2.67 bits per heavy atom. The first-order chi connectivity index (χ1) is 8.54. The Bertz CT molecular complexity index is 479. The molecule has 0 saturated carbocycles. The van der Waals surface area contributed by atoms with E-state index in [9.17, 15) is 19.8 Å². The maximum absolute atomic E-state index is 11.2. The van der Waals surface area contributed by atoms with Gasteiger partial charge in [-0.05, 0) is 6.07 Å². The lowest BCUT2D eigenvalue weighted by Gasteiger charge is -2.01. The van der Waals surface area contributed by atoms with Crippen molar-refractivity contribution in [1.82, 2.24) is 0 Å². The molecule has 0 atom stereocenters. The third kappa shape index (κ3) is 3.98. The van der Waals surface area contributed by atoms with Crippen LogP contribution in [0.4, 0.5) is 16.2 Å². The monoisotopic (exact) mass is 274 g/mol. The van der Waals surface area contributed by atoms with E-state index in [-0.39, 0.29) is 28.7 Å². The van der Waals surface area contributed by atoms with Crippen LogP contribution in [0.15, 0.2) is 24.3 Å². The summed E-state index contributed by atoms with van der Waals surface area (Å²) >= 11 is 5.26. The Morgan fingerprint density at radius 2 is 2.06 bits per heavy atom. The lowest BCUT2D eigenvalue weighted by Crippen LogP contribution is -2.22. The summed E-state index contributed by atoms with van der Waals surface area (Å²) in [5.74, 6) is -0.0116. The Balaban J connectivity index is 2.70. The first kappa shape index (κ1) is 13.8. The van der Waals surface area contributed by atoms with Crippen molar-refractivity contribution < 1.29 is 19.5 Å². The van der Waals surface area contributed by atoms with Crippen molar-refractivity contribution in [2.24, 2.45) is 0 Å². The van der Waals surface area contributed by atoms with Crippen molar-refractivity contribution in [3.05, 3.63) is 39.3 Å². The van der Waals surface area contributed by atoms with Crippen LogP contribution >= 0.6 is 11.6 Å². The van der Waals surface area contributed by atoms with E-state index >= 15 is 0 Å². The van der Waals surface area contributed by atoms with Gasteiger partial charge in [-0.25, -0.2) is 4.79 Å². The molecule has 0 bridgehead atoms. The molecule has 0 fully saturated rings. The third-order valence-corrected chi connectivity index (χ3v) is 1.96. The van der Waals surface area contributed by atoms with Crippen LogP contribution in [0.3, 0.4) is 0 Å². The molecule has 0 aliphatic heterocycles. The van der Waals surface area contributed by atoms with Crippen LogP contribution in [-0.4, -0.2) is 28.4 Å².